The summed E-state index contributed by atoms with van der Waals surface area (Å²) in [5.74, 6) is -0.157. The van der Waals surface area contributed by atoms with Gasteiger partial charge in [0.2, 0.25) is 0 Å². The van der Waals surface area contributed by atoms with E-state index in [2.05, 4.69) is 23.7 Å². The fourth-order valence-electron chi connectivity index (χ4n) is 2.68. The number of hydrogen-bond acceptors (Lipinski definition) is 2. The van der Waals surface area contributed by atoms with E-state index in [-0.39, 0.29) is 11.9 Å². The molecule has 0 aliphatic rings. The van der Waals surface area contributed by atoms with Gasteiger partial charge in [0.25, 0.3) is 0 Å². The smallest absolute Gasteiger partial charge is 0.123 e. The van der Waals surface area contributed by atoms with Crippen molar-refractivity contribution in [2.24, 2.45) is 0 Å². The molecule has 1 atom stereocenters. The van der Waals surface area contributed by atoms with Crippen molar-refractivity contribution in [1.29, 1.82) is 0 Å². The van der Waals surface area contributed by atoms with Gasteiger partial charge in [-0.1, -0.05) is 6.92 Å². The van der Waals surface area contributed by atoms with Crippen molar-refractivity contribution in [1.82, 2.24) is 5.32 Å². The van der Waals surface area contributed by atoms with E-state index in [1.165, 1.54) is 16.0 Å². The largest absolute Gasteiger partial charge is 0.309 e. The maximum Gasteiger partial charge on any atom is 0.123 e. The van der Waals surface area contributed by atoms with E-state index in [4.69, 9.17) is 0 Å². The van der Waals surface area contributed by atoms with Crippen LogP contribution in [-0.4, -0.2) is 7.05 Å². The number of thiophene rings is 1. The monoisotopic (exact) mass is 277 g/mol. The molecule has 0 fully saturated rings. The van der Waals surface area contributed by atoms with Crippen LogP contribution in [0.5, 0.6) is 0 Å². The number of hydrogen-bond donors (Lipinski definition) is 1. The fraction of sp³-hybridized carbons (Fsp3) is 0.375. The standard InChI is InChI=1S/C16H20FNS/c1-5-12-6-7-19-16(12)15(18-4)14-10(2)8-13(17)9-11(14)3/h6-9,15,18H,5H2,1-4H3. The number of halogens is 1. The van der Waals surface area contributed by atoms with Crippen molar-refractivity contribution in [3.63, 3.8) is 0 Å². The predicted octanol–water partition coefficient (Wildman–Crippen LogP) is 4.38. The molecule has 3 heteroatoms. The molecule has 1 unspecified atom stereocenters. The molecule has 1 heterocycles. The van der Waals surface area contributed by atoms with E-state index in [9.17, 15) is 4.39 Å². The van der Waals surface area contributed by atoms with Gasteiger partial charge in [-0.2, -0.15) is 0 Å². The first kappa shape index (κ1) is 14.2. The highest BCUT2D eigenvalue weighted by molar-refractivity contribution is 7.10. The first-order valence-corrected chi connectivity index (χ1v) is 7.46. The molecule has 1 nitrogen and oxygen atoms in total. The van der Waals surface area contributed by atoms with Gasteiger partial charge < -0.3 is 5.32 Å². The summed E-state index contributed by atoms with van der Waals surface area (Å²) in [6.45, 7) is 6.13. The normalized spacial score (nSPS) is 12.7. The van der Waals surface area contributed by atoms with E-state index in [0.717, 1.165) is 17.5 Å². The highest BCUT2D eigenvalue weighted by Gasteiger charge is 2.20. The lowest BCUT2D eigenvalue weighted by Gasteiger charge is -2.21. The Hall–Kier alpha value is -1.19. The minimum absolute atomic E-state index is 0.149. The van der Waals surface area contributed by atoms with Gasteiger partial charge in [0.05, 0.1) is 6.04 Å². The summed E-state index contributed by atoms with van der Waals surface area (Å²) in [5.41, 5.74) is 4.58. The van der Waals surface area contributed by atoms with E-state index < -0.39 is 0 Å². The average Bonchev–Trinajstić information content (AvgIpc) is 2.81. The molecule has 2 rings (SSSR count). The second kappa shape index (κ2) is 5.85. The Labute approximate surface area is 118 Å². The lowest BCUT2D eigenvalue weighted by atomic mass is 9.93. The quantitative estimate of drug-likeness (QED) is 0.874. The minimum atomic E-state index is -0.157. The van der Waals surface area contributed by atoms with Crippen molar-refractivity contribution in [2.75, 3.05) is 7.05 Å². The number of nitrogens with one attached hydrogen (secondary N) is 1. The minimum Gasteiger partial charge on any atom is -0.309 e. The van der Waals surface area contributed by atoms with Crippen molar-refractivity contribution < 1.29 is 4.39 Å². The molecule has 19 heavy (non-hydrogen) atoms. The molecule has 1 aromatic carbocycles. The zero-order valence-electron chi connectivity index (χ0n) is 11.9. The van der Waals surface area contributed by atoms with Crippen LogP contribution in [0.25, 0.3) is 0 Å². The molecule has 0 saturated heterocycles. The Kier molecular flexibility index (Phi) is 4.38. The van der Waals surface area contributed by atoms with Gasteiger partial charge in [-0.25, -0.2) is 4.39 Å². The first-order valence-electron chi connectivity index (χ1n) is 6.58. The van der Waals surface area contributed by atoms with E-state index in [0.29, 0.717) is 0 Å². The van der Waals surface area contributed by atoms with Gasteiger partial charge >= 0.3 is 0 Å². The van der Waals surface area contributed by atoms with Crippen LogP contribution in [0.2, 0.25) is 0 Å². The Balaban J connectivity index is 2.54. The lowest BCUT2D eigenvalue weighted by Crippen LogP contribution is -2.20. The van der Waals surface area contributed by atoms with Gasteiger partial charge in [0.15, 0.2) is 0 Å². The third-order valence-corrected chi connectivity index (χ3v) is 4.58. The fourth-order valence-corrected chi connectivity index (χ4v) is 3.79. The van der Waals surface area contributed by atoms with Crippen LogP contribution in [0.3, 0.4) is 0 Å². The number of aryl methyl sites for hydroxylation is 3. The Bertz CT molecular complexity index is 551. The molecule has 0 bridgehead atoms. The zero-order chi connectivity index (χ0) is 14.0. The van der Waals surface area contributed by atoms with Crippen molar-refractivity contribution in [2.45, 2.75) is 33.2 Å². The number of rotatable bonds is 4. The topological polar surface area (TPSA) is 12.0 Å². The summed E-state index contributed by atoms with van der Waals surface area (Å²) in [6.07, 6.45) is 1.02. The summed E-state index contributed by atoms with van der Waals surface area (Å²) in [5, 5.41) is 5.52. The molecule has 0 aliphatic heterocycles. The molecule has 0 spiro atoms. The molecule has 0 amide bonds. The maximum absolute atomic E-state index is 13.4. The third-order valence-electron chi connectivity index (χ3n) is 3.56. The first-order chi connectivity index (χ1) is 9.08. The van der Waals surface area contributed by atoms with Gasteiger partial charge in [-0.3, -0.25) is 0 Å². The molecular formula is C16H20FNS. The summed E-state index contributed by atoms with van der Waals surface area (Å²) in [4.78, 5) is 1.34. The van der Waals surface area contributed by atoms with Crippen LogP contribution in [-0.2, 0) is 6.42 Å². The molecule has 102 valence electrons. The lowest BCUT2D eigenvalue weighted by molar-refractivity contribution is 0.619. The highest BCUT2D eigenvalue weighted by Crippen LogP contribution is 2.33. The number of benzene rings is 1. The molecule has 2 aromatic rings. The second-order valence-corrected chi connectivity index (χ2v) is 5.79. The molecule has 0 aliphatic carbocycles. The van der Waals surface area contributed by atoms with Crippen LogP contribution < -0.4 is 5.32 Å². The van der Waals surface area contributed by atoms with Crippen LogP contribution in [0, 0.1) is 19.7 Å². The second-order valence-electron chi connectivity index (χ2n) is 4.84. The van der Waals surface area contributed by atoms with Gasteiger partial charge in [-0.15, -0.1) is 11.3 Å². The van der Waals surface area contributed by atoms with Crippen molar-refractivity contribution >= 4 is 11.3 Å². The van der Waals surface area contributed by atoms with Crippen LogP contribution in [0.15, 0.2) is 23.6 Å². The molecule has 0 radical (unpaired) electrons. The highest BCUT2D eigenvalue weighted by atomic mass is 32.1. The maximum atomic E-state index is 13.4. The Morgan fingerprint density at radius 1 is 1.26 bits per heavy atom. The molecule has 1 aromatic heterocycles. The molecule has 1 N–H and O–H groups in total. The SMILES string of the molecule is CCc1ccsc1C(NC)c1c(C)cc(F)cc1C. The van der Waals surface area contributed by atoms with E-state index in [1.54, 1.807) is 23.5 Å². The Morgan fingerprint density at radius 2 is 1.89 bits per heavy atom. The zero-order valence-corrected chi connectivity index (χ0v) is 12.7. The van der Waals surface area contributed by atoms with Crippen molar-refractivity contribution in [3.8, 4) is 0 Å². The average molecular weight is 277 g/mol. The summed E-state index contributed by atoms with van der Waals surface area (Å²) < 4.78 is 13.4. The van der Waals surface area contributed by atoms with Crippen LogP contribution >= 0.6 is 11.3 Å². The van der Waals surface area contributed by atoms with E-state index in [1.807, 2.05) is 20.9 Å². The van der Waals surface area contributed by atoms with E-state index >= 15 is 0 Å². The van der Waals surface area contributed by atoms with Crippen LogP contribution in [0.4, 0.5) is 4.39 Å². The molecular weight excluding hydrogens is 257 g/mol. The van der Waals surface area contributed by atoms with Gasteiger partial charge in [0.1, 0.15) is 5.82 Å². The summed E-state index contributed by atoms with van der Waals surface area (Å²) in [6, 6.07) is 5.56. The third kappa shape index (κ3) is 2.72. The summed E-state index contributed by atoms with van der Waals surface area (Å²) in [7, 11) is 1.96. The predicted molar refractivity (Wildman–Crippen MR) is 80.5 cm³/mol. The Morgan fingerprint density at radius 3 is 2.42 bits per heavy atom. The van der Waals surface area contributed by atoms with Gasteiger partial charge in [0, 0.05) is 4.88 Å². The van der Waals surface area contributed by atoms with Gasteiger partial charge in [-0.05, 0) is 73.1 Å². The summed E-state index contributed by atoms with van der Waals surface area (Å²) >= 11 is 1.77. The molecule has 0 saturated carbocycles. The van der Waals surface area contributed by atoms with Crippen molar-refractivity contribution in [3.05, 3.63) is 56.5 Å². The van der Waals surface area contributed by atoms with Crippen LogP contribution in [0.1, 0.15) is 40.1 Å².